The van der Waals surface area contributed by atoms with Crippen LogP contribution in [0.1, 0.15) is 29.1 Å². The van der Waals surface area contributed by atoms with Gasteiger partial charge in [0.25, 0.3) is 0 Å². The van der Waals surface area contributed by atoms with Gasteiger partial charge in [0.15, 0.2) is 5.89 Å². The Balaban J connectivity index is 1.84. The standard InChI is InChI=1S/C18H23F3N4O2S/c1-11-12(2)27-17(23-11)9-15(26)14-7-13(25-3-5-28-6-4-25)8-16(24-14)22-10-18(19,20)21/h7-8,15,26H,3-6,9-10H2,1-2H3,(H,22,24). The summed E-state index contributed by atoms with van der Waals surface area (Å²) in [6.45, 7) is 3.99. The molecule has 0 aliphatic carbocycles. The lowest BCUT2D eigenvalue weighted by atomic mass is 10.1. The highest BCUT2D eigenvalue weighted by molar-refractivity contribution is 7.99. The minimum Gasteiger partial charge on any atom is -0.446 e. The molecule has 2 N–H and O–H groups in total. The number of rotatable bonds is 6. The minimum atomic E-state index is -4.36. The summed E-state index contributed by atoms with van der Waals surface area (Å²) in [5.41, 5.74) is 1.77. The topological polar surface area (TPSA) is 74.4 Å². The van der Waals surface area contributed by atoms with E-state index in [0.717, 1.165) is 36.0 Å². The maximum absolute atomic E-state index is 12.6. The lowest BCUT2D eigenvalue weighted by molar-refractivity contribution is -0.115. The molecule has 6 nitrogen and oxygen atoms in total. The van der Waals surface area contributed by atoms with Crippen molar-refractivity contribution in [1.29, 1.82) is 0 Å². The molecule has 3 heterocycles. The molecule has 1 aliphatic heterocycles. The Hall–Kier alpha value is -1.94. The highest BCUT2D eigenvalue weighted by Crippen LogP contribution is 2.28. The molecule has 0 saturated carbocycles. The first-order valence-electron chi connectivity index (χ1n) is 8.97. The molecule has 2 aromatic rings. The first-order valence-corrected chi connectivity index (χ1v) is 10.1. The van der Waals surface area contributed by atoms with Crippen LogP contribution in [0, 0.1) is 13.8 Å². The van der Waals surface area contributed by atoms with Gasteiger partial charge in [0, 0.05) is 36.3 Å². The fourth-order valence-corrected chi connectivity index (χ4v) is 3.79. The number of nitrogens with zero attached hydrogens (tertiary/aromatic N) is 3. The number of aliphatic hydroxyl groups is 1. The molecule has 2 aromatic heterocycles. The van der Waals surface area contributed by atoms with E-state index in [9.17, 15) is 18.3 Å². The van der Waals surface area contributed by atoms with Crippen molar-refractivity contribution < 1.29 is 22.7 Å². The smallest absolute Gasteiger partial charge is 0.405 e. The number of nitrogens with one attached hydrogen (secondary N) is 1. The van der Waals surface area contributed by atoms with Gasteiger partial charge in [-0.15, -0.1) is 0 Å². The largest absolute Gasteiger partial charge is 0.446 e. The van der Waals surface area contributed by atoms with Crippen LogP contribution in [-0.2, 0) is 6.42 Å². The molecule has 10 heteroatoms. The van der Waals surface area contributed by atoms with Crippen molar-refractivity contribution in [3.8, 4) is 0 Å². The van der Waals surface area contributed by atoms with Gasteiger partial charge in [-0.05, 0) is 19.9 Å². The van der Waals surface area contributed by atoms with Crippen LogP contribution in [-0.4, -0.2) is 52.4 Å². The Kier molecular flexibility index (Phi) is 6.39. The van der Waals surface area contributed by atoms with Crippen molar-refractivity contribution in [3.05, 3.63) is 35.2 Å². The fraction of sp³-hybridized carbons (Fsp3) is 0.556. The summed E-state index contributed by atoms with van der Waals surface area (Å²) in [6, 6.07) is 3.32. The number of halogens is 3. The molecule has 3 rings (SSSR count). The molecule has 0 bridgehead atoms. The van der Waals surface area contributed by atoms with E-state index in [-0.39, 0.29) is 17.9 Å². The van der Waals surface area contributed by atoms with Crippen molar-refractivity contribution in [1.82, 2.24) is 9.97 Å². The number of pyridine rings is 1. The van der Waals surface area contributed by atoms with E-state index >= 15 is 0 Å². The number of aliphatic hydroxyl groups excluding tert-OH is 1. The van der Waals surface area contributed by atoms with Crippen LogP contribution in [0.15, 0.2) is 16.5 Å². The molecule has 1 atom stereocenters. The van der Waals surface area contributed by atoms with Crippen LogP contribution >= 0.6 is 11.8 Å². The third-order valence-electron chi connectivity index (χ3n) is 4.46. The Bertz CT molecular complexity index is 787. The van der Waals surface area contributed by atoms with E-state index in [1.165, 1.54) is 0 Å². The summed E-state index contributed by atoms with van der Waals surface area (Å²) in [4.78, 5) is 10.5. The SMILES string of the molecule is Cc1nc(CC(O)c2cc(N3CCSCC3)cc(NCC(F)(F)F)n2)oc1C. The highest BCUT2D eigenvalue weighted by atomic mass is 32.2. The van der Waals surface area contributed by atoms with Crippen LogP contribution < -0.4 is 10.2 Å². The zero-order valence-electron chi connectivity index (χ0n) is 15.7. The Labute approximate surface area is 165 Å². The Morgan fingerprint density at radius 1 is 1.25 bits per heavy atom. The van der Waals surface area contributed by atoms with Gasteiger partial charge >= 0.3 is 6.18 Å². The number of oxazole rings is 1. The summed E-state index contributed by atoms with van der Waals surface area (Å²) < 4.78 is 43.3. The zero-order chi connectivity index (χ0) is 20.3. The molecule has 1 saturated heterocycles. The van der Waals surface area contributed by atoms with Gasteiger partial charge in [0.05, 0.1) is 17.8 Å². The predicted octanol–water partition coefficient (Wildman–Crippen LogP) is 3.49. The minimum absolute atomic E-state index is 0.0851. The maximum atomic E-state index is 12.6. The van der Waals surface area contributed by atoms with Gasteiger partial charge in [0.1, 0.15) is 24.2 Å². The molecule has 0 spiro atoms. The second-order valence-corrected chi connectivity index (χ2v) is 7.90. The summed E-state index contributed by atoms with van der Waals surface area (Å²) in [5, 5.41) is 12.9. The van der Waals surface area contributed by atoms with E-state index in [1.807, 2.05) is 11.8 Å². The van der Waals surface area contributed by atoms with Crippen LogP contribution in [0.2, 0.25) is 0 Å². The number of alkyl halides is 3. The number of aryl methyl sites for hydroxylation is 2. The molecular formula is C18H23F3N4O2S. The van der Waals surface area contributed by atoms with E-state index in [1.54, 1.807) is 26.0 Å². The van der Waals surface area contributed by atoms with E-state index in [2.05, 4.69) is 20.2 Å². The lowest BCUT2D eigenvalue weighted by Gasteiger charge is -2.29. The molecule has 1 unspecified atom stereocenters. The summed E-state index contributed by atoms with van der Waals surface area (Å²) >= 11 is 1.84. The van der Waals surface area contributed by atoms with Gasteiger partial charge in [-0.2, -0.15) is 24.9 Å². The second kappa shape index (κ2) is 8.60. The molecule has 0 radical (unpaired) electrons. The molecule has 1 fully saturated rings. The quantitative estimate of drug-likeness (QED) is 0.747. The highest BCUT2D eigenvalue weighted by Gasteiger charge is 2.27. The third-order valence-corrected chi connectivity index (χ3v) is 5.40. The number of anilines is 2. The zero-order valence-corrected chi connectivity index (χ0v) is 16.5. The predicted molar refractivity (Wildman–Crippen MR) is 103 cm³/mol. The van der Waals surface area contributed by atoms with Gasteiger partial charge in [-0.1, -0.05) is 0 Å². The summed E-state index contributed by atoms with van der Waals surface area (Å²) in [6.07, 6.45) is -5.30. The number of thioether (sulfide) groups is 1. The van der Waals surface area contributed by atoms with Crippen molar-refractivity contribution >= 4 is 23.3 Å². The van der Waals surface area contributed by atoms with E-state index in [4.69, 9.17) is 4.42 Å². The number of hydrogen-bond donors (Lipinski definition) is 2. The van der Waals surface area contributed by atoms with Gasteiger partial charge in [0.2, 0.25) is 0 Å². The average molecular weight is 416 g/mol. The lowest BCUT2D eigenvalue weighted by Crippen LogP contribution is -2.32. The summed E-state index contributed by atoms with van der Waals surface area (Å²) in [5.74, 6) is 3.01. The van der Waals surface area contributed by atoms with Gasteiger partial charge in [-0.25, -0.2) is 9.97 Å². The van der Waals surface area contributed by atoms with Crippen LogP contribution in [0.25, 0.3) is 0 Å². The molecular weight excluding hydrogens is 393 g/mol. The molecule has 154 valence electrons. The van der Waals surface area contributed by atoms with Crippen LogP contribution in [0.3, 0.4) is 0 Å². The first-order chi connectivity index (χ1) is 13.2. The third kappa shape index (κ3) is 5.54. The molecule has 28 heavy (non-hydrogen) atoms. The maximum Gasteiger partial charge on any atom is 0.405 e. The molecule has 0 amide bonds. The first kappa shape index (κ1) is 20.8. The number of hydrogen-bond acceptors (Lipinski definition) is 7. The Morgan fingerprint density at radius 2 is 1.96 bits per heavy atom. The Morgan fingerprint density at radius 3 is 2.57 bits per heavy atom. The molecule has 1 aliphatic rings. The fourth-order valence-electron chi connectivity index (χ4n) is 2.89. The number of aromatic nitrogens is 2. The van der Waals surface area contributed by atoms with Crippen molar-refractivity contribution in [2.24, 2.45) is 0 Å². The van der Waals surface area contributed by atoms with Crippen LogP contribution in [0.5, 0.6) is 0 Å². The van der Waals surface area contributed by atoms with Crippen molar-refractivity contribution in [3.63, 3.8) is 0 Å². The van der Waals surface area contributed by atoms with E-state index in [0.29, 0.717) is 11.7 Å². The van der Waals surface area contributed by atoms with Crippen molar-refractivity contribution in [2.45, 2.75) is 32.5 Å². The second-order valence-electron chi connectivity index (χ2n) is 6.67. The van der Waals surface area contributed by atoms with Crippen molar-refractivity contribution in [2.75, 3.05) is 41.4 Å². The van der Waals surface area contributed by atoms with Gasteiger partial charge < -0.3 is 19.7 Å². The monoisotopic (exact) mass is 416 g/mol. The van der Waals surface area contributed by atoms with Crippen LogP contribution in [0.4, 0.5) is 24.7 Å². The molecule has 0 aromatic carbocycles. The summed E-state index contributed by atoms with van der Waals surface area (Å²) in [7, 11) is 0. The van der Waals surface area contributed by atoms with Gasteiger partial charge in [-0.3, -0.25) is 0 Å². The normalized spacial score (nSPS) is 16.3. The van der Waals surface area contributed by atoms with E-state index < -0.39 is 18.8 Å². The average Bonchev–Trinajstić information content (AvgIpc) is 2.97.